The van der Waals surface area contributed by atoms with Gasteiger partial charge in [-0.2, -0.15) is 0 Å². The molecule has 0 aliphatic carbocycles. The predicted molar refractivity (Wildman–Crippen MR) is 78.4 cm³/mol. The molecule has 2 rings (SSSR count). The van der Waals surface area contributed by atoms with Crippen LogP contribution < -0.4 is 15.2 Å². The van der Waals surface area contributed by atoms with Crippen molar-refractivity contribution in [3.8, 4) is 22.1 Å². The van der Waals surface area contributed by atoms with E-state index in [4.69, 9.17) is 26.8 Å². The number of aromatic nitrogens is 1. The van der Waals surface area contributed by atoms with Gasteiger partial charge in [0.2, 0.25) is 0 Å². The normalized spacial score (nSPS) is 10.5. The van der Waals surface area contributed by atoms with Gasteiger partial charge in [-0.1, -0.05) is 11.6 Å². The molecule has 4 nitrogen and oxygen atoms in total. The Hall–Kier alpha value is -1.30. The molecule has 0 spiro atoms. The minimum Gasteiger partial charge on any atom is -0.493 e. The molecule has 102 valence electrons. The molecule has 6 heteroatoms. The summed E-state index contributed by atoms with van der Waals surface area (Å²) < 4.78 is 10.5. The Morgan fingerprint density at radius 1 is 1.32 bits per heavy atom. The Balaban J connectivity index is 2.41. The molecule has 19 heavy (non-hydrogen) atoms. The molecule has 0 saturated carbocycles. The highest BCUT2D eigenvalue weighted by Crippen LogP contribution is 2.39. The summed E-state index contributed by atoms with van der Waals surface area (Å²) in [5.74, 6) is 1.13. The molecule has 2 aromatic rings. The van der Waals surface area contributed by atoms with Crippen molar-refractivity contribution in [2.24, 2.45) is 5.73 Å². The third-order valence-corrected chi connectivity index (χ3v) is 3.85. The Labute approximate surface area is 121 Å². The molecule has 0 unspecified atom stereocenters. The van der Waals surface area contributed by atoms with Crippen LogP contribution in [0.5, 0.6) is 11.5 Å². The topological polar surface area (TPSA) is 57.4 Å². The molecule has 1 aromatic heterocycles. The van der Waals surface area contributed by atoms with Gasteiger partial charge in [0, 0.05) is 17.4 Å². The van der Waals surface area contributed by atoms with E-state index in [9.17, 15) is 0 Å². The van der Waals surface area contributed by atoms with Crippen molar-refractivity contribution in [1.82, 2.24) is 4.98 Å². The van der Waals surface area contributed by atoms with Crippen LogP contribution in [0, 0.1) is 0 Å². The van der Waals surface area contributed by atoms with Gasteiger partial charge >= 0.3 is 0 Å². The second-order valence-corrected chi connectivity index (χ2v) is 5.14. The molecule has 1 aromatic carbocycles. The molecule has 0 atom stereocenters. The van der Waals surface area contributed by atoms with E-state index in [1.807, 2.05) is 17.5 Å². The standard InChI is InChI=1S/C13H15ClN2O2S/c1-17-11-6-8(5-10(14)12(11)18-2)13-16-9(3-4-15)7-19-13/h5-7H,3-4,15H2,1-2H3. The zero-order valence-corrected chi connectivity index (χ0v) is 12.3. The first-order valence-electron chi connectivity index (χ1n) is 5.76. The lowest BCUT2D eigenvalue weighted by Crippen LogP contribution is -2.02. The Bertz CT molecular complexity index is 572. The minimum absolute atomic E-state index is 0.507. The van der Waals surface area contributed by atoms with Gasteiger partial charge in [-0.15, -0.1) is 11.3 Å². The van der Waals surface area contributed by atoms with Gasteiger partial charge in [-0.25, -0.2) is 4.98 Å². The molecule has 0 fully saturated rings. The van der Waals surface area contributed by atoms with E-state index in [0.29, 0.717) is 23.1 Å². The van der Waals surface area contributed by atoms with Gasteiger partial charge < -0.3 is 15.2 Å². The minimum atomic E-state index is 0.507. The molecule has 0 aliphatic heterocycles. The number of hydrogen-bond donors (Lipinski definition) is 1. The van der Waals surface area contributed by atoms with E-state index < -0.39 is 0 Å². The molecular weight excluding hydrogens is 284 g/mol. The molecular formula is C13H15ClN2O2S. The fourth-order valence-electron chi connectivity index (χ4n) is 1.74. The Morgan fingerprint density at radius 3 is 2.74 bits per heavy atom. The van der Waals surface area contributed by atoms with Crippen molar-refractivity contribution in [3.63, 3.8) is 0 Å². The second kappa shape index (κ2) is 6.23. The van der Waals surface area contributed by atoms with Crippen LogP contribution in [-0.4, -0.2) is 25.7 Å². The van der Waals surface area contributed by atoms with E-state index in [1.165, 1.54) is 0 Å². The van der Waals surface area contributed by atoms with Crippen LogP contribution in [0.25, 0.3) is 10.6 Å². The number of hydrogen-bond acceptors (Lipinski definition) is 5. The maximum atomic E-state index is 6.18. The van der Waals surface area contributed by atoms with Crippen LogP contribution in [0.1, 0.15) is 5.69 Å². The SMILES string of the molecule is COc1cc(-c2nc(CCN)cs2)cc(Cl)c1OC. The zero-order valence-electron chi connectivity index (χ0n) is 10.8. The Kier molecular flexibility index (Phi) is 4.63. The maximum Gasteiger partial charge on any atom is 0.179 e. The van der Waals surface area contributed by atoms with Crippen LogP contribution >= 0.6 is 22.9 Å². The van der Waals surface area contributed by atoms with Crippen molar-refractivity contribution in [2.75, 3.05) is 20.8 Å². The number of thiazole rings is 1. The first kappa shape index (κ1) is 14.1. The smallest absolute Gasteiger partial charge is 0.179 e. The van der Waals surface area contributed by atoms with E-state index in [0.717, 1.165) is 22.7 Å². The highest BCUT2D eigenvalue weighted by atomic mass is 35.5. The molecule has 0 saturated heterocycles. The first-order valence-corrected chi connectivity index (χ1v) is 7.01. The monoisotopic (exact) mass is 298 g/mol. The van der Waals surface area contributed by atoms with Gasteiger partial charge in [0.1, 0.15) is 5.01 Å². The summed E-state index contributed by atoms with van der Waals surface area (Å²) in [5, 5.41) is 3.41. The fourth-order valence-corrected chi connectivity index (χ4v) is 2.87. The lowest BCUT2D eigenvalue weighted by atomic mass is 10.2. The first-order chi connectivity index (χ1) is 9.19. The van der Waals surface area contributed by atoms with Gasteiger partial charge in [-0.05, 0) is 18.7 Å². The van der Waals surface area contributed by atoms with E-state index in [1.54, 1.807) is 25.6 Å². The van der Waals surface area contributed by atoms with Crippen LogP contribution in [0.2, 0.25) is 5.02 Å². The predicted octanol–water partition coefficient (Wildman–Crippen LogP) is 2.98. The summed E-state index contributed by atoms with van der Waals surface area (Å²) in [6, 6.07) is 3.70. The van der Waals surface area contributed by atoms with Gasteiger partial charge in [-0.3, -0.25) is 0 Å². The zero-order chi connectivity index (χ0) is 13.8. The summed E-state index contributed by atoms with van der Waals surface area (Å²) in [6.45, 7) is 0.593. The number of rotatable bonds is 5. The summed E-state index contributed by atoms with van der Waals surface area (Å²) in [6.07, 6.45) is 0.775. The van der Waals surface area contributed by atoms with Gasteiger partial charge in [0.05, 0.1) is 24.9 Å². The molecule has 1 heterocycles. The van der Waals surface area contributed by atoms with E-state index in [-0.39, 0.29) is 0 Å². The second-order valence-electron chi connectivity index (χ2n) is 3.88. The summed E-state index contributed by atoms with van der Waals surface area (Å²) in [4.78, 5) is 4.53. The third-order valence-electron chi connectivity index (χ3n) is 2.63. The number of nitrogens with zero attached hydrogens (tertiary/aromatic N) is 1. The number of halogens is 1. The maximum absolute atomic E-state index is 6.18. The van der Waals surface area contributed by atoms with Crippen LogP contribution in [0.3, 0.4) is 0 Å². The van der Waals surface area contributed by atoms with Crippen LogP contribution in [0.15, 0.2) is 17.5 Å². The van der Waals surface area contributed by atoms with Crippen LogP contribution in [-0.2, 0) is 6.42 Å². The lowest BCUT2D eigenvalue weighted by Gasteiger charge is -2.10. The summed E-state index contributed by atoms with van der Waals surface area (Å²) >= 11 is 7.75. The molecule has 0 bridgehead atoms. The molecule has 2 N–H and O–H groups in total. The number of methoxy groups -OCH3 is 2. The number of benzene rings is 1. The largest absolute Gasteiger partial charge is 0.493 e. The summed E-state index contributed by atoms with van der Waals surface area (Å²) in [7, 11) is 3.14. The van der Waals surface area contributed by atoms with E-state index in [2.05, 4.69) is 4.98 Å². The van der Waals surface area contributed by atoms with E-state index >= 15 is 0 Å². The van der Waals surface area contributed by atoms with Gasteiger partial charge in [0.15, 0.2) is 11.5 Å². The number of nitrogens with two attached hydrogens (primary N) is 1. The third kappa shape index (κ3) is 3.00. The average molecular weight is 299 g/mol. The van der Waals surface area contributed by atoms with Crippen molar-refractivity contribution in [3.05, 3.63) is 28.2 Å². The molecule has 0 radical (unpaired) electrons. The van der Waals surface area contributed by atoms with Crippen molar-refractivity contribution in [2.45, 2.75) is 6.42 Å². The van der Waals surface area contributed by atoms with Crippen molar-refractivity contribution >= 4 is 22.9 Å². The highest BCUT2D eigenvalue weighted by Gasteiger charge is 2.13. The number of ether oxygens (including phenoxy) is 2. The average Bonchev–Trinajstić information content (AvgIpc) is 2.86. The lowest BCUT2D eigenvalue weighted by molar-refractivity contribution is 0.355. The van der Waals surface area contributed by atoms with Crippen molar-refractivity contribution < 1.29 is 9.47 Å². The van der Waals surface area contributed by atoms with Crippen molar-refractivity contribution in [1.29, 1.82) is 0 Å². The summed E-state index contributed by atoms with van der Waals surface area (Å²) in [5.41, 5.74) is 7.43. The quantitative estimate of drug-likeness (QED) is 0.922. The highest BCUT2D eigenvalue weighted by molar-refractivity contribution is 7.13. The Morgan fingerprint density at radius 2 is 2.11 bits per heavy atom. The molecule has 0 amide bonds. The van der Waals surface area contributed by atoms with Gasteiger partial charge in [0.25, 0.3) is 0 Å². The fraction of sp³-hybridized carbons (Fsp3) is 0.308. The molecule has 0 aliphatic rings. The van der Waals surface area contributed by atoms with Crippen LogP contribution in [0.4, 0.5) is 0 Å².